The van der Waals surface area contributed by atoms with E-state index in [2.05, 4.69) is 16.0 Å². The highest BCUT2D eigenvalue weighted by Gasteiger charge is 2.17. The Morgan fingerprint density at radius 3 is 1.98 bits per heavy atom. The van der Waals surface area contributed by atoms with Crippen molar-refractivity contribution < 1.29 is 19.1 Å². The second kappa shape index (κ2) is 13.8. The van der Waals surface area contributed by atoms with Gasteiger partial charge in [0.25, 0.3) is 11.8 Å². The van der Waals surface area contributed by atoms with Crippen LogP contribution in [0.15, 0.2) is 120 Å². The maximum Gasteiger partial charge on any atom is 0.272 e. The van der Waals surface area contributed by atoms with Gasteiger partial charge in [-0.1, -0.05) is 48.5 Å². The molecule has 8 heteroatoms. The van der Waals surface area contributed by atoms with Gasteiger partial charge >= 0.3 is 0 Å². The van der Waals surface area contributed by atoms with Crippen LogP contribution >= 0.6 is 11.8 Å². The van der Waals surface area contributed by atoms with Crippen LogP contribution in [0.4, 0.5) is 11.4 Å². The van der Waals surface area contributed by atoms with Crippen LogP contribution in [-0.4, -0.2) is 30.1 Å². The van der Waals surface area contributed by atoms with Gasteiger partial charge in [0, 0.05) is 21.8 Å². The number of nitrogens with one attached hydrogen (secondary N) is 3. The van der Waals surface area contributed by atoms with Gasteiger partial charge in [0.05, 0.1) is 12.4 Å². The number of benzene rings is 4. The van der Waals surface area contributed by atoms with E-state index in [-0.39, 0.29) is 16.9 Å². The van der Waals surface area contributed by atoms with E-state index in [1.165, 1.54) is 11.8 Å². The third-order valence-electron chi connectivity index (χ3n) is 5.79. The van der Waals surface area contributed by atoms with Crippen molar-refractivity contribution in [1.29, 1.82) is 0 Å². The highest BCUT2D eigenvalue weighted by Crippen LogP contribution is 2.26. The summed E-state index contributed by atoms with van der Waals surface area (Å²) in [5, 5.41) is 8.15. The minimum absolute atomic E-state index is 0.0867. The number of carbonyl (C=O) groups is 3. The molecular formula is C32H29N3O4S. The van der Waals surface area contributed by atoms with E-state index in [0.29, 0.717) is 22.6 Å². The summed E-state index contributed by atoms with van der Waals surface area (Å²) in [6.45, 7) is 1.84. The van der Waals surface area contributed by atoms with Gasteiger partial charge in [-0.3, -0.25) is 14.4 Å². The summed E-state index contributed by atoms with van der Waals surface area (Å²) in [7, 11) is 1.58. The van der Waals surface area contributed by atoms with Crippen molar-refractivity contribution in [2.24, 2.45) is 0 Å². The van der Waals surface area contributed by atoms with E-state index in [1.54, 1.807) is 73.8 Å². The van der Waals surface area contributed by atoms with E-state index in [4.69, 9.17) is 4.74 Å². The molecule has 7 nitrogen and oxygen atoms in total. The van der Waals surface area contributed by atoms with E-state index >= 15 is 0 Å². The number of ether oxygens (including phenoxy) is 1. The van der Waals surface area contributed by atoms with E-state index < -0.39 is 11.8 Å². The Labute approximate surface area is 237 Å². The number of methoxy groups -OCH3 is 1. The summed E-state index contributed by atoms with van der Waals surface area (Å²) in [4.78, 5) is 39.5. The lowest BCUT2D eigenvalue weighted by Crippen LogP contribution is -2.30. The fourth-order valence-electron chi connectivity index (χ4n) is 3.65. The van der Waals surface area contributed by atoms with Crippen molar-refractivity contribution in [3.8, 4) is 5.75 Å². The molecule has 1 unspecified atom stereocenters. The molecule has 0 aromatic heterocycles. The fraction of sp³-hybridized carbons (Fsp3) is 0.0938. The van der Waals surface area contributed by atoms with Crippen LogP contribution in [0.2, 0.25) is 0 Å². The minimum atomic E-state index is -0.476. The molecule has 0 aliphatic rings. The Kier molecular flexibility index (Phi) is 9.74. The Bertz CT molecular complexity index is 1470. The normalized spacial score (nSPS) is 11.7. The Morgan fingerprint density at radius 2 is 1.35 bits per heavy atom. The van der Waals surface area contributed by atoms with Crippen molar-refractivity contribution in [2.45, 2.75) is 17.1 Å². The molecule has 0 aliphatic carbocycles. The summed E-state index contributed by atoms with van der Waals surface area (Å²) >= 11 is 1.41. The zero-order valence-corrected chi connectivity index (χ0v) is 22.9. The van der Waals surface area contributed by atoms with Gasteiger partial charge in [-0.2, -0.15) is 0 Å². The highest BCUT2D eigenvalue weighted by atomic mass is 32.2. The number of rotatable bonds is 10. The zero-order chi connectivity index (χ0) is 28.3. The molecule has 4 aromatic carbocycles. The predicted molar refractivity (Wildman–Crippen MR) is 160 cm³/mol. The van der Waals surface area contributed by atoms with E-state index in [1.807, 2.05) is 55.5 Å². The Hall–Kier alpha value is -4.82. The molecule has 3 amide bonds. The first-order valence-electron chi connectivity index (χ1n) is 12.6. The largest absolute Gasteiger partial charge is 0.497 e. The van der Waals surface area contributed by atoms with Crippen LogP contribution in [-0.2, 0) is 9.59 Å². The number of para-hydroxylation sites is 1. The van der Waals surface area contributed by atoms with Crippen LogP contribution in [0.1, 0.15) is 22.8 Å². The molecule has 202 valence electrons. The number of thioether (sulfide) groups is 1. The van der Waals surface area contributed by atoms with Gasteiger partial charge < -0.3 is 20.7 Å². The third kappa shape index (κ3) is 8.09. The van der Waals surface area contributed by atoms with Gasteiger partial charge in [-0.25, -0.2) is 0 Å². The highest BCUT2D eigenvalue weighted by molar-refractivity contribution is 8.00. The van der Waals surface area contributed by atoms with E-state index in [0.717, 1.165) is 10.6 Å². The second-order valence-corrected chi connectivity index (χ2v) is 10.2. The van der Waals surface area contributed by atoms with Crippen molar-refractivity contribution in [1.82, 2.24) is 5.32 Å². The molecule has 4 aromatic rings. The molecule has 40 heavy (non-hydrogen) atoms. The molecule has 0 aliphatic heterocycles. The molecule has 0 saturated heterocycles. The zero-order valence-electron chi connectivity index (χ0n) is 22.1. The summed E-state index contributed by atoms with van der Waals surface area (Å²) in [5.74, 6) is -0.293. The van der Waals surface area contributed by atoms with Gasteiger partial charge in [-0.05, 0) is 79.2 Å². The standard InChI is InChI=1S/C32H29N3O4S/c1-22(30(36)33-25-11-7-4-8-12-25)40-28-19-15-26(16-20-28)34-32(38)29(21-23-13-17-27(39-2)18-14-23)35-31(37)24-9-5-3-6-10-24/h3-22H,1-2H3,(H,33,36)(H,34,38)(H,35,37)/b29-21-. The lowest BCUT2D eigenvalue weighted by Gasteiger charge is -2.13. The van der Waals surface area contributed by atoms with Crippen molar-refractivity contribution in [3.05, 3.63) is 126 Å². The molecule has 0 saturated carbocycles. The molecule has 1 atom stereocenters. The maximum atomic E-state index is 13.3. The SMILES string of the molecule is COc1ccc(/C=C(\NC(=O)c2ccccc2)C(=O)Nc2ccc(SC(C)C(=O)Nc3ccccc3)cc2)cc1. The number of anilines is 2. The monoisotopic (exact) mass is 551 g/mol. The first-order chi connectivity index (χ1) is 19.4. The maximum absolute atomic E-state index is 13.3. The molecule has 0 radical (unpaired) electrons. The minimum Gasteiger partial charge on any atom is -0.497 e. The molecular weight excluding hydrogens is 522 g/mol. The van der Waals surface area contributed by atoms with Gasteiger partial charge in [0.15, 0.2) is 0 Å². The van der Waals surface area contributed by atoms with Crippen LogP contribution in [0.3, 0.4) is 0 Å². The Morgan fingerprint density at radius 1 is 0.750 bits per heavy atom. The van der Waals surface area contributed by atoms with Crippen molar-refractivity contribution >= 4 is 46.9 Å². The number of carbonyl (C=O) groups excluding carboxylic acids is 3. The molecule has 3 N–H and O–H groups in total. The lowest BCUT2D eigenvalue weighted by molar-refractivity contribution is -0.115. The topological polar surface area (TPSA) is 96.5 Å². The van der Waals surface area contributed by atoms with E-state index in [9.17, 15) is 14.4 Å². The Balaban J connectivity index is 1.44. The molecule has 0 spiro atoms. The summed E-state index contributed by atoms with van der Waals surface area (Å²) in [6.07, 6.45) is 1.60. The van der Waals surface area contributed by atoms with Crippen LogP contribution in [0.5, 0.6) is 5.75 Å². The molecule has 4 rings (SSSR count). The average molecular weight is 552 g/mol. The fourth-order valence-corrected chi connectivity index (χ4v) is 4.51. The third-order valence-corrected chi connectivity index (χ3v) is 6.90. The first kappa shape index (κ1) is 28.2. The smallest absolute Gasteiger partial charge is 0.272 e. The summed E-state index contributed by atoms with van der Waals surface area (Å²) in [6, 6.07) is 32.3. The molecule has 0 heterocycles. The van der Waals surface area contributed by atoms with Crippen LogP contribution in [0.25, 0.3) is 6.08 Å². The number of amides is 3. The lowest BCUT2D eigenvalue weighted by atomic mass is 10.1. The van der Waals surface area contributed by atoms with Crippen molar-refractivity contribution in [2.75, 3.05) is 17.7 Å². The van der Waals surface area contributed by atoms with Gasteiger partial charge in [0.1, 0.15) is 11.4 Å². The molecule has 0 bridgehead atoms. The van der Waals surface area contributed by atoms with Gasteiger partial charge in [0.2, 0.25) is 5.91 Å². The number of hydrogen-bond donors (Lipinski definition) is 3. The second-order valence-electron chi connectivity index (χ2n) is 8.75. The average Bonchev–Trinajstić information content (AvgIpc) is 2.99. The van der Waals surface area contributed by atoms with Crippen LogP contribution < -0.4 is 20.7 Å². The summed E-state index contributed by atoms with van der Waals surface area (Å²) < 4.78 is 5.20. The predicted octanol–water partition coefficient (Wildman–Crippen LogP) is 6.22. The first-order valence-corrected chi connectivity index (χ1v) is 13.5. The van der Waals surface area contributed by atoms with Crippen LogP contribution in [0, 0.1) is 0 Å². The molecule has 0 fully saturated rings. The summed E-state index contributed by atoms with van der Waals surface area (Å²) in [5.41, 5.74) is 2.53. The quantitative estimate of drug-likeness (QED) is 0.161. The van der Waals surface area contributed by atoms with Gasteiger partial charge in [-0.15, -0.1) is 11.8 Å². The van der Waals surface area contributed by atoms with Crippen molar-refractivity contribution in [3.63, 3.8) is 0 Å². The number of hydrogen-bond acceptors (Lipinski definition) is 5.